The van der Waals surface area contributed by atoms with Gasteiger partial charge in [0.2, 0.25) is 23.6 Å². The Bertz CT molecular complexity index is 2330. The van der Waals surface area contributed by atoms with Crippen LogP contribution in [-0.2, 0) is 44.7 Å². The van der Waals surface area contributed by atoms with Gasteiger partial charge in [-0.25, -0.2) is 4.79 Å². The molecule has 4 rings (SSSR count). The van der Waals surface area contributed by atoms with Gasteiger partial charge in [0.1, 0.15) is 17.6 Å². The Labute approximate surface area is 388 Å². The molecule has 0 radical (unpaired) electrons. The molecule has 0 aliphatic heterocycles. The van der Waals surface area contributed by atoms with Crippen LogP contribution < -0.4 is 42.7 Å². The van der Waals surface area contributed by atoms with E-state index in [1.54, 1.807) is 51.1 Å². The summed E-state index contributed by atoms with van der Waals surface area (Å²) in [5.41, 5.74) is 8.25. The molecule has 0 unspecified atom stereocenters. The molecule has 2 aromatic heterocycles. The van der Waals surface area contributed by atoms with Gasteiger partial charge < -0.3 is 56.2 Å². The monoisotopic (exact) mass is 930 g/mol. The number of anilines is 1. The standard InChI is InChI=1S/C46H62N10O11/c1-5-7-23-67-45-54-40(47)39-41(55-45)56(46(63)53-39)29-32-13-16-33(17-14-32)42(60)48-21-24-64-26-27-65-25-22-49-43(61)34(18-20-37(59)66-6-2)51-44(62)38(30(3)4)52-36(58)28-50-35(57)19-15-31-11-9-8-10-12-31/h8-17,19,30,34,38H,5-7,18,20-29H2,1-4H3,(H,48,60)(H,49,61)(H,50,57)(H,51,62)(H,52,58)(H,53,63)(H2,47,54,55)/b19-15+/t34-,38+/m1/s1. The Morgan fingerprint density at radius 3 is 2.21 bits per heavy atom. The maximum atomic E-state index is 13.4. The lowest BCUT2D eigenvalue weighted by Gasteiger charge is -2.25. The summed E-state index contributed by atoms with van der Waals surface area (Å²) in [6.45, 7) is 8.52. The third-order valence-corrected chi connectivity index (χ3v) is 9.86. The van der Waals surface area contributed by atoms with E-state index in [4.69, 9.17) is 24.7 Å². The molecule has 362 valence electrons. The molecule has 0 aliphatic carbocycles. The number of aromatic amines is 1. The van der Waals surface area contributed by atoms with Gasteiger partial charge >= 0.3 is 17.7 Å². The van der Waals surface area contributed by atoms with Crippen molar-refractivity contribution >= 4 is 58.6 Å². The molecule has 5 amide bonds. The van der Waals surface area contributed by atoms with Gasteiger partial charge in [0, 0.05) is 31.1 Å². The molecule has 0 spiro atoms. The number of carbonyl (C=O) groups excluding carboxylic acids is 6. The fourth-order valence-electron chi connectivity index (χ4n) is 6.27. The molecule has 0 fully saturated rings. The lowest BCUT2D eigenvalue weighted by molar-refractivity contribution is -0.143. The number of aromatic nitrogens is 4. The van der Waals surface area contributed by atoms with Crippen molar-refractivity contribution in [2.24, 2.45) is 5.92 Å². The summed E-state index contributed by atoms with van der Waals surface area (Å²) in [6.07, 6.45) is 4.44. The average Bonchev–Trinajstić information content (AvgIpc) is 3.63. The van der Waals surface area contributed by atoms with Gasteiger partial charge in [0.05, 0.1) is 52.7 Å². The number of nitrogens with one attached hydrogen (secondary N) is 6. The molecule has 21 nitrogen and oxygen atoms in total. The predicted molar refractivity (Wildman–Crippen MR) is 249 cm³/mol. The van der Waals surface area contributed by atoms with E-state index in [2.05, 4.69) is 41.5 Å². The summed E-state index contributed by atoms with van der Waals surface area (Å²) in [5, 5.41) is 13.2. The smallest absolute Gasteiger partial charge is 0.328 e. The van der Waals surface area contributed by atoms with Crippen molar-refractivity contribution in [3.05, 3.63) is 87.8 Å². The van der Waals surface area contributed by atoms with Gasteiger partial charge in [-0.05, 0) is 55.0 Å². The highest BCUT2D eigenvalue weighted by Gasteiger charge is 2.29. The van der Waals surface area contributed by atoms with Crippen molar-refractivity contribution in [3.63, 3.8) is 0 Å². The number of rotatable bonds is 29. The van der Waals surface area contributed by atoms with E-state index in [0.29, 0.717) is 23.3 Å². The predicted octanol–water partition coefficient (Wildman–Crippen LogP) is 1.61. The first kappa shape index (κ1) is 52.5. The number of amides is 5. The molecule has 21 heteroatoms. The van der Waals surface area contributed by atoms with E-state index < -0.39 is 53.3 Å². The molecule has 4 aromatic rings. The zero-order valence-electron chi connectivity index (χ0n) is 38.4. The third-order valence-electron chi connectivity index (χ3n) is 9.86. The zero-order chi connectivity index (χ0) is 48.6. The number of imidazole rings is 1. The summed E-state index contributed by atoms with van der Waals surface area (Å²) in [6, 6.07) is 13.8. The van der Waals surface area contributed by atoms with Gasteiger partial charge in [-0.2, -0.15) is 9.97 Å². The van der Waals surface area contributed by atoms with E-state index in [1.807, 2.05) is 37.3 Å². The van der Waals surface area contributed by atoms with Gasteiger partial charge in [-0.1, -0.05) is 69.7 Å². The Balaban J connectivity index is 1.14. The Kier molecular flexibility index (Phi) is 22.0. The Morgan fingerprint density at radius 1 is 0.836 bits per heavy atom. The zero-order valence-corrected chi connectivity index (χ0v) is 38.4. The second kappa shape index (κ2) is 28.0. The number of hydrogen-bond donors (Lipinski definition) is 7. The van der Waals surface area contributed by atoms with Crippen LogP contribution >= 0.6 is 0 Å². The van der Waals surface area contributed by atoms with Crippen LogP contribution in [0.25, 0.3) is 17.2 Å². The second-order valence-electron chi connectivity index (χ2n) is 15.4. The number of fused-ring (bicyclic) bond motifs is 1. The molecular formula is C46H62N10O11. The van der Waals surface area contributed by atoms with Crippen LogP contribution in [0, 0.1) is 5.92 Å². The SMILES string of the molecule is CCCCOc1nc(N)c2[nH]c(=O)n(Cc3ccc(C(=O)NCCOCCOCCNC(=O)[C@@H](CCC(=O)OCC)NC(=O)[C@@H](NC(=O)CNC(=O)/C=C/c4ccccc4)C(C)C)cc3)c2n1. The van der Waals surface area contributed by atoms with Crippen LogP contribution in [0.1, 0.15) is 74.9 Å². The number of H-pyrrole nitrogens is 1. The van der Waals surface area contributed by atoms with Gasteiger partial charge in [0.15, 0.2) is 11.5 Å². The minimum atomic E-state index is -1.13. The van der Waals surface area contributed by atoms with E-state index in [-0.39, 0.29) is 89.8 Å². The Hall–Kier alpha value is -7.13. The van der Waals surface area contributed by atoms with Crippen LogP contribution in [0.4, 0.5) is 5.82 Å². The first-order valence-corrected chi connectivity index (χ1v) is 22.2. The van der Waals surface area contributed by atoms with Crippen molar-refractivity contribution in [3.8, 4) is 6.01 Å². The number of esters is 1. The minimum Gasteiger partial charge on any atom is -0.466 e. The van der Waals surface area contributed by atoms with E-state index >= 15 is 0 Å². The summed E-state index contributed by atoms with van der Waals surface area (Å²) < 4.78 is 23.1. The van der Waals surface area contributed by atoms with Crippen LogP contribution in [0.3, 0.4) is 0 Å². The number of ether oxygens (including phenoxy) is 4. The molecule has 67 heavy (non-hydrogen) atoms. The topological polar surface area (TPSA) is 289 Å². The molecule has 0 aliphatic rings. The van der Waals surface area contributed by atoms with Crippen molar-refractivity contribution < 1.29 is 47.7 Å². The fraction of sp³-hybridized carbons (Fsp3) is 0.457. The van der Waals surface area contributed by atoms with Crippen LogP contribution in [0.15, 0.2) is 65.5 Å². The lowest BCUT2D eigenvalue weighted by Crippen LogP contribution is -2.56. The van der Waals surface area contributed by atoms with Crippen LogP contribution in [0.2, 0.25) is 0 Å². The molecule has 2 heterocycles. The minimum absolute atomic E-state index is 0.0628. The highest BCUT2D eigenvalue weighted by molar-refractivity contribution is 5.96. The largest absolute Gasteiger partial charge is 0.466 e. The maximum absolute atomic E-state index is 13.4. The maximum Gasteiger partial charge on any atom is 0.328 e. The fourth-order valence-corrected chi connectivity index (χ4v) is 6.27. The second-order valence-corrected chi connectivity index (χ2v) is 15.4. The number of carbonyl (C=O) groups is 6. The molecule has 0 saturated carbocycles. The summed E-state index contributed by atoms with van der Waals surface area (Å²) >= 11 is 0. The number of nitrogen functional groups attached to an aromatic ring is 1. The number of hydrogen-bond acceptors (Lipinski definition) is 14. The molecule has 0 bridgehead atoms. The van der Waals surface area contributed by atoms with Crippen LogP contribution in [-0.4, -0.2) is 126 Å². The van der Waals surface area contributed by atoms with Gasteiger partial charge in [-0.15, -0.1) is 0 Å². The van der Waals surface area contributed by atoms with Gasteiger partial charge in [0.25, 0.3) is 5.91 Å². The van der Waals surface area contributed by atoms with Crippen molar-refractivity contribution in [1.82, 2.24) is 46.1 Å². The highest BCUT2D eigenvalue weighted by Crippen LogP contribution is 2.19. The van der Waals surface area contributed by atoms with Crippen molar-refractivity contribution in [2.75, 3.05) is 65.0 Å². The third kappa shape index (κ3) is 18.0. The number of nitrogens with zero attached hydrogens (tertiary/aromatic N) is 3. The number of benzene rings is 2. The lowest BCUT2D eigenvalue weighted by atomic mass is 10.0. The Morgan fingerprint density at radius 2 is 1.54 bits per heavy atom. The normalized spacial score (nSPS) is 12.1. The molecule has 8 N–H and O–H groups in total. The molecule has 2 aromatic carbocycles. The van der Waals surface area contributed by atoms with E-state index in [9.17, 15) is 33.6 Å². The quantitative estimate of drug-likeness (QED) is 0.0232. The molecule has 0 saturated heterocycles. The summed E-state index contributed by atoms with van der Waals surface area (Å²) in [5.74, 6) is -3.45. The molecular weight excluding hydrogens is 869 g/mol. The van der Waals surface area contributed by atoms with Crippen LogP contribution in [0.5, 0.6) is 6.01 Å². The van der Waals surface area contributed by atoms with Gasteiger partial charge in [-0.3, -0.25) is 33.3 Å². The van der Waals surface area contributed by atoms with E-state index in [0.717, 1.165) is 24.0 Å². The van der Waals surface area contributed by atoms with Crippen molar-refractivity contribution in [1.29, 1.82) is 0 Å². The molecule has 2 atom stereocenters. The summed E-state index contributed by atoms with van der Waals surface area (Å²) in [7, 11) is 0. The van der Waals surface area contributed by atoms with Crippen molar-refractivity contribution in [2.45, 2.75) is 72.0 Å². The summed E-state index contributed by atoms with van der Waals surface area (Å²) in [4.78, 5) is 100. The number of nitrogens with two attached hydrogens (primary N) is 1. The highest BCUT2D eigenvalue weighted by atomic mass is 16.5. The average molecular weight is 931 g/mol. The first-order chi connectivity index (χ1) is 32.3. The number of unbranched alkanes of at least 4 members (excludes halogenated alkanes) is 1. The van der Waals surface area contributed by atoms with E-state index in [1.165, 1.54) is 10.6 Å². The first-order valence-electron chi connectivity index (χ1n) is 22.2.